The van der Waals surface area contributed by atoms with Gasteiger partial charge in [-0.15, -0.1) is 11.3 Å². The summed E-state index contributed by atoms with van der Waals surface area (Å²) in [7, 11) is 0. The summed E-state index contributed by atoms with van der Waals surface area (Å²) in [6.07, 6.45) is 3.43. The summed E-state index contributed by atoms with van der Waals surface area (Å²) < 4.78 is 0. The molecular weight excluding hydrogens is 332 g/mol. The quantitative estimate of drug-likeness (QED) is 0.739. The molecule has 0 radical (unpaired) electrons. The largest absolute Gasteiger partial charge is 0.393 e. The van der Waals surface area contributed by atoms with Gasteiger partial charge in [0.25, 0.3) is 0 Å². The molecule has 1 aliphatic rings. The Morgan fingerprint density at radius 2 is 2.12 bits per heavy atom. The lowest BCUT2D eigenvalue weighted by Gasteiger charge is -2.38. The van der Waals surface area contributed by atoms with Crippen molar-refractivity contribution < 1.29 is 9.90 Å². The number of nitrogens with one attached hydrogen (secondary N) is 1. The van der Waals surface area contributed by atoms with Gasteiger partial charge in [0.2, 0.25) is 5.91 Å². The van der Waals surface area contributed by atoms with Crippen LogP contribution in [0, 0.1) is 5.92 Å². The fourth-order valence-electron chi connectivity index (χ4n) is 3.43. The van der Waals surface area contributed by atoms with E-state index in [0.29, 0.717) is 6.42 Å². The van der Waals surface area contributed by atoms with Gasteiger partial charge >= 0.3 is 0 Å². The van der Waals surface area contributed by atoms with E-state index >= 15 is 0 Å². The first-order valence-corrected chi connectivity index (χ1v) is 9.41. The summed E-state index contributed by atoms with van der Waals surface area (Å²) in [6, 6.07) is 13.9. The van der Waals surface area contributed by atoms with Crippen LogP contribution in [-0.2, 0) is 11.2 Å². The zero-order valence-electron chi connectivity index (χ0n) is 13.8. The molecule has 3 aromatic rings. The molecule has 4 rings (SSSR count). The van der Waals surface area contributed by atoms with E-state index < -0.39 is 0 Å². The van der Waals surface area contributed by atoms with E-state index in [-0.39, 0.29) is 24.0 Å². The molecule has 1 aliphatic carbocycles. The summed E-state index contributed by atoms with van der Waals surface area (Å²) in [5.41, 5.74) is 1.96. The second-order valence-corrected chi connectivity index (χ2v) is 7.68. The Balaban J connectivity index is 1.57. The summed E-state index contributed by atoms with van der Waals surface area (Å²) in [4.78, 5) is 18.1. The minimum absolute atomic E-state index is 0.0157. The number of aromatic nitrogens is 1. The van der Waals surface area contributed by atoms with E-state index in [1.807, 2.05) is 48.0 Å². The van der Waals surface area contributed by atoms with E-state index in [1.165, 1.54) is 0 Å². The van der Waals surface area contributed by atoms with Gasteiger partial charge in [-0.2, -0.15) is 0 Å². The second kappa shape index (κ2) is 6.94. The normalized spacial score (nSPS) is 20.8. The molecule has 0 aliphatic heterocycles. The maximum Gasteiger partial charge on any atom is 0.225 e. The summed E-state index contributed by atoms with van der Waals surface area (Å²) in [6.45, 7) is 0. The SMILES string of the molecule is O=C(Cc1cccs1)NC(c1cnc2ccccc2c1)C1CC(O)C1. The highest BCUT2D eigenvalue weighted by Crippen LogP contribution is 2.38. The van der Waals surface area contributed by atoms with E-state index in [1.54, 1.807) is 11.3 Å². The van der Waals surface area contributed by atoms with Gasteiger partial charge in [-0.3, -0.25) is 9.78 Å². The van der Waals surface area contributed by atoms with E-state index in [9.17, 15) is 9.90 Å². The van der Waals surface area contributed by atoms with Crippen LogP contribution < -0.4 is 5.32 Å². The number of thiophene rings is 1. The average molecular weight is 352 g/mol. The first kappa shape index (κ1) is 16.2. The number of benzene rings is 1. The molecule has 1 fully saturated rings. The Kier molecular flexibility index (Phi) is 4.51. The van der Waals surface area contributed by atoms with Gasteiger partial charge in [0, 0.05) is 16.5 Å². The lowest BCUT2D eigenvalue weighted by atomic mass is 9.75. The summed E-state index contributed by atoms with van der Waals surface area (Å²) in [5.74, 6) is 0.271. The smallest absolute Gasteiger partial charge is 0.225 e. The number of hydrogen-bond acceptors (Lipinski definition) is 4. The zero-order chi connectivity index (χ0) is 17.2. The number of nitrogens with zero attached hydrogens (tertiary/aromatic N) is 1. The van der Waals surface area contributed by atoms with Gasteiger partial charge in [0.1, 0.15) is 0 Å². The number of amides is 1. The average Bonchev–Trinajstić information content (AvgIpc) is 3.09. The third kappa shape index (κ3) is 3.57. The Hall–Kier alpha value is -2.24. The molecule has 1 aromatic carbocycles. The van der Waals surface area contributed by atoms with Crippen LogP contribution in [0.3, 0.4) is 0 Å². The monoisotopic (exact) mass is 352 g/mol. The van der Waals surface area contributed by atoms with Gasteiger partial charge in [-0.1, -0.05) is 24.3 Å². The zero-order valence-corrected chi connectivity index (χ0v) is 14.6. The van der Waals surface area contributed by atoms with Gasteiger partial charge < -0.3 is 10.4 Å². The van der Waals surface area contributed by atoms with Crippen molar-refractivity contribution in [2.45, 2.75) is 31.4 Å². The van der Waals surface area contributed by atoms with Crippen molar-refractivity contribution in [2.75, 3.05) is 0 Å². The molecular formula is C20H20N2O2S. The van der Waals surface area contributed by atoms with Gasteiger partial charge in [0.05, 0.1) is 24.1 Å². The molecule has 5 heteroatoms. The predicted molar refractivity (Wildman–Crippen MR) is 99.4 cm³/mol. The number of para-hydroxylation sites is 1. The number of carbonyl (C=O) groups excluding carboxylic acids is 1. The molecule has 0 bridgehead atoms. The molecule has 1 unspecified atom stereocenters. The van der Waals surface area contributed by atoms with Crippen LogP contribution in [0.25, 0.3) is 10.9 Å². The molecule has 0 spiro atoms. The molecule has 2 aromatic heterocycles. The van der Waals surface area contributed by atoms with Crippen LogP contribution in [0.5, 0.6) is 0 Å². The van der Waals surface area contributed by atoms with Crippen molar-refractivity contribution in [3.8, 4) is 0 Å². The molecule has 1 amide bonds. The summed E-state index contributed by atoms with van der Waals surface area (Å²) >= 11 is 1.59. The molecule has 1 atom stereocenters. The first-order valence-electron chi connectivity index (χ1n) is 8.53. The van der Waals surface area contributed by atoms with Crippen LogP contribution in [0.2, 0.25) is 0 Å². The number of aliphatic hydroxyl groups excluding tert-OH is 1. The number of rotatable bonds is 5. The van der Waals surface area contributed by atoms with Crippen LogP contribution in [0.4, 0.5) is 0 Å². The van der Waals surface area contributed by atoms with Gasteiger partial charge in [-0.05, 0) is 47.9 Å². The molecule has 25 heavy (non-hydrogen) atoms. The molecule has 1 saturated carbocycles. The molecule has 2 heterocycles. The first-order chi connectivity index (χ1) is 12.2. The minimum Gasteiger partial charge on any atom is -0.393 e. The molecule has 2 N–H and O–H groups in total. The van der Waals surface area contributed by atoms with Crippen LogP contribution in [0.1, 0.15) is 29.3 Å². The van der Waals surface area contributed by atoms with E-state index in [4.69, 9.17) is 0 Å². The Morgan fingerprint density at radius 1 is 1.28 bits per heavy atom. The Morgan fingerprint density at radius 3 is 2.88 bits per heavy atom. The fourth-order valence-corrected chi connectivity index (χ4v) is 4.13. The Bertz CT molecular complexity index is 872. The van der Waals surface area contributed by atoms with Crippen LogP contribution in [0.15, 0.2) is 54.0 Å². The maximum absolute atomic E-state index is 12.5. The summed E-state index contributed by atoms with van der Waals surface area (Å²) in [5, 5.41) is 15.9. The van der Waals surface area contributed by atoms with Crippen molar-refractivity contribution in [3.63, 3.8) is 0 Å². The number of carbonyl (C=O) groups is 1. The van der Waals surface area contributed by atoms with Gasteiger partial charge in [0.15, 0.2) is 0 Å². The fraction of sp³-hybridized carbons (Fsp3) is 0.300. The number of aliphatic hydroxyl groups is 1. The minimum atomic E-state index is -0.255. The maximum atomic E-state index is 12.5. The second-order valence-electron chi connectivity index (χ2n) is 6.65. The highest BCUT2D eigenvalue weighted by Gasteiger charge is 2.35. The lowest BCUT2D eigenvalue weighted by molar-refractivity contribution is -0.122. The van der Waals surface area contributed by atoms with Crippen molar-refractivity contribution in [2.24, 2.45) is 5.92 Å². The van der Waals surface area contributed by atoms with Crippen LogP contribution >= 0.6 is 11.3 Å². The highest BCUT2D eigenvalue weighted by molar-refractivity contribution is 7.10. The molecule has 128 valence electrons. The third-order valence-electron chi connectivity index (χ3n) is 4.82. The van der Waals surface area contributed by atoms with E-state index in [0.717, 1.165) is 34.2 Å². The third-order valence-corrected chi connectivity index (χ3v) is 5.70. The topological polar surface area (TPSA) is 62.2 Å². The Labute approximate surface area is 150 Å². The number of fused-ring (bicyclic) bond motifs is 1. The number of pyridine rings is 1. The van der Waals surface area contributed by atoms with Crippen LogP contribution in [-0.4, -0.2) is 22.1 Å². The van der Waals surface area contributed by atoms with Crippen molar-refractivity contribution in [3.05, 3.63) is 64.5 Å². The van der Waals surface area contributed by atoms with Crippen molar-refractivity contribution in [1.29, 1.82) is 0 Å². The standard InChI is InChI=1S/C20H20N2O2S/c23-16-9-14(10-16)20(22-19(24)11-17-5-3-7-25-17)15-8-13-4-1-2-6-18(13)21-12-15/h1-8,12,14,16,20,23H,9-11H2,(H,22,24). The van der Waals surface area contributed by atoms with Gasteiger partial charge in [-0.25, -0.2) is 0 Å². The number of hydrogen-bond donors (Lipinski definition) is 2. The predicted octanol–water partition coefficient (Wildman–Crippen LogP) is 3.47. The lowest BCUT2D eigenvalue weighted by Crippen LogP contribution is -2.41. The van der Waals surface area contributed by atoms with Crippen molar-refractivity contribution >= 4 is 28.1 Å². The van der Waals surface area contributed by atoms with Crippen molar-refractivity contribution in [1.82, 2.24) is 10.3 Å². The molecule has 0 saturated heterocycles. The molecule has 4 nitrogen and oxygen atoms in total. The van der Waals surface area contributed by atoms with E-state index in [2.05, 4.69) is 16.4 Å². The highest BCUT2D eigenvalue weighted by atomic mass is 32.1.